The standard InChI is InChI=1S/C56H82ClN9O17/c1-11-28(6)44-52(78)60-37-20-22-41(72)66(54(37)80)46(30(8)68)55(81)65(10)38(24-33-17-21-39(70)35(57)23-33)49(75)62-43(27(4)5)56(82)83-31(9)45(53(79)63-44)64-51(77)42(26(2)3)61-47(73)29(7)58-48(74)36(59-50(76)40(71)25-67)14-12-13-32-15-18-34(69)19-16-32/h15-19,21,23,26-31,36-38,40-46,67-72H,11-14,20,22,24-25H2,1-10H3,(H,58,74)(H,59,76)(H,60,78)(H,61,73)(H,62,75)(H,63,79)(H,64,77)/t28-,29+,30+,31-,36+,37+,38+,40-,41-,42+,43+,44+,45+,46+/m1/s1. The Balaban J connectivity index is 1.73. The van der Waals surface area contributed by atoms with E-state index in [1.807, 2.05) is 0 Å². The quantitative estimate of drug-likeness (QED) is 0.0700. The summed E-state index contributed by atoms with van der Waals surface area (Å²) >= 11 is 6.23. The molecule has 2 fully saturated rings. The van der Waals surface area contributed by atoms with Crippen molar-refractivity contribution in [1.82, 2.24) is 47.0 Å². The minimum Gasteiger partial charge on any atom is -0.508 e. The molecule has 4 rings (SSSR count). The topological polar surface area (TPSA) is 392 Å². The Morgan fingerprint density at radius 1 is 0.771 bits per heavy atom. The number of aromatic hydroxyl groups is 2. The molecule has 2 aliphatic rings. The lowest BCUT2D eigenvalue weighted by atomic mass is 9.94. The fourth-order valence-electron chi connectivity index (χ4n) is 9.49. The third-order valence-electron chi connectivity index (χ3n) is 14.8. The van der Waals surface area contributed by atoms with Gasteiger partial charge in [-0.1, -0.05) is 77.8 Å². The minimum absolute atomic E-state index is 0.000546. The Labute approximate surface area is 487 Å². The molecule has 2 aromatic rings. The second kappa shape index (κ2) is 31.0. The van der Waals surface area contributed by atoms with Gasteiger partial charge in [-0.2, -0.15) is 0 Å². The summed E-state index contributed by atoms with van der Waals surface area (Å²) in [4.78, 5) is 144. The molecule has 9 amide bonds. The second-order valence-electron chi connectivity index (χ2n) is 22.0. The number of aryl methyl sites for hydroxylation is 1. The van der Waals surface area contributed by atoms with Gasteiger partial charge in [0.25, 0.3) is 5.91 Å². The number of carbonyl (C=O) groups excluding carboxylic acids is 10. The molecular weight excluding hydrogens is 1110 g/mol. The van der Waals surface area contributed by atoms with Gasteiger partial charge in [-0.15, -0.1) is 0 Å². The molecule has 460 valence electrons. The number of piperidine rings is 1. The molecule has 0 unspecified atom stereocenters. The molecule has 26 nitrogen and oxygen atoms in total. The zero-order valence-corrected chi connectivity index (χ0v) is 49.1. The predicted octanol–water partition coefficient (Wildman–Crippen LogP) is -1.10. The second-order valence-corrected chi connectivity index (χ2v) is 22.4. The maximum Gasteiger partial charge on any atom is 0.329 e. The van der Waals surface area contributed by atoms with Crippen molar-refractivity contribution < 1.29 is 83.3 Å². The lowest BCUT2D eigenvalue weighted by molar-refractivity contribution is -0.170. The van der Waals surface area contributed by atoms with Crippen LogP contribution in [0, 0.1) is 17.8 Å². The summed E-state index contributed by atoms with van der Waals surface area (Å²) in [6, 6.07) is -3.58. The fourth-order valence-corrected chi connectivity index (χ4v) is 9.69. The van der Waals surface area contributed by atoms with Gasteiger partial charge in [-0.25, -0.2) is 4.79 Å². The lowest BCUT2D eigenvalue weighted by Gasteiger charge is -2.43. The van der Waals surface area contributed by atoms with E-state index in [0.29, 0.717) is 18.4 Å². The molecular formula is C56H82ClN9O17. The highest BCUT2D eigenvalue weighted by Crippen LogP contribution is 2.28. The number of carbonyl (C=O) groups is 10. The first-order valence-corrected chi connectivity index (χ1v) is 28.1. The van der Waals surface area contributed by atoms with E-state index in [9.17, 15) is 78.6 Å². The molecule has 27 heteroatoms. The van der Waals surface area contributed by atoms with Crippen LogP contribution >= 0.6 is 11.6 Å². The van der Waals surface area contributed by atoms with Crippen molar-refractivity contribution in [3.63, 3.8) is 0 Å². The van der Waals surface area contributed by atoms with Crippen molar-refractivity contribution in [2.75, 3.05) is 13.7 Å². The number of phenolic OH excluding ortho intramolecular Hbond substituents is 2. The Bertz CT molecular complexity index is 2640. The maximum atomic E-state index is 14.8. The van der Waals surface area contributed by atoms with E-state index < -0.39 is 162 Å². The summed E-state index contributed by atoms with van der Waals surface area (Å²) in [5.41, 5.74) is 1.11. The van der Waals surface area contributed by atoms with Gasteiger partial charge in [0.2, 0.25) is 47.3 Å². The number of amides is 9. The van der Waals surface area contributed by atoms with E-state index >= 15 is 0 Å². The van der Waals surface area contributed by atoms with Crippen molar-refractivity contribution in [2.24, 2.45) is 17.8 Å². The monoisotopic (exact) mass is 1190 g/mol. The van der Waals surface area contributed by atoms with Crippen molar-refractivity contribution in [1.29, 1.82) is 0 Å². The number of fused-ring (bicyclic) bond motifs is 2. The third kappa shape index (κ3) is 18.4. The van der Waals surface area contributed by atoms with E-state index in [1.54, 1.807) is 53.7 Å². The van der Waals surface area contributed by atoms with Gasteiger partial charge in [0, 0.05) is 13.5 Å². The molecule has 2 aromatic carbocycles. The average molecular weight is 1190 g/mol. The predicted molar refractivity (Wildman–Crippen MR) is 299 cm³/mol. The number of nitrogens with zero attached hydrogens (tertiary/aromatic N) is 2. The molecule has 13 N–H and O–H groups in total. The number of benzene rings is 2. The number of rotatable bonds is 20. The highest BCUT2D eigenvalue weighted by molar-refractivity contribution is 6.32. The van der Waals surface area contributed by atoms with Crippen LogP contribution < -0.4 is 37.2 Å². The fraction of sp³-hybridized carbons (Fsp3) is 0.607. The molecule has 2 bridgehead atoms. The van der Waals surface area contributed by atoms with E-state index in [1.165, 1.54) is 58.2 Å². The Morgan fingerprint density at radius 2 is 1.40 bits per heavy atom. The van der Waals surface area contributed by atoms with Crippen molar-refractivity contribution in [2.45, 2.75) is 186 Å². The SMILES string of the molecule is CC[C@@H](C)[C@@H]1NC(=O)[C@@H](NC(=O)[C@@H](NC(=O)[C@H](C)NC(=O)[C@H](CCCc2ccc(O)cc2)NC(=O)[C@H](O)CO)C(C)C)[C@@H](C)OC(=O)[C@H](C(C)C)NC(=O)[C@H](Cc2ccc(O)c(Cl)c2)N(C)C(=O)[C@H]([C@H](C)O)N2C(=O)[C@H](CC[C@H]2O)NC1=O. The van der Waals surface area contributed by atoms with Crippen molar-refractivity contribution in [3.05, 3.63) is 58.6 Å². The number of nitrogens with one attached hydrogen (secondary N) is 7. The van der Waals surface area contributed by atoms with Crippen LogP contribution in [0.25, 0.3) is 0 Å². The van der Waals surface area contributed by atoms with Crippen LogP contribution in [0.5, 0.6) is 11.5 Å². The van der Waals surface area contributed by atoms with Crippen molar-refractivity contribution in [3.8, 4) is 11.5 Å². The van der Waals surface area contributed by atoms with Gasteiger partial charge < -0.3 is 82.4 Å². The molecule has 14 atom stereocenters. The lowest BCUT2D eigenvalue weighted by Crippen LogP contribution is -2.67. The number of phenols is 2. The summed E-state index contributed by atoms with van der Waals surface area (Å²) in [7, 11) is 1.21. The summed E-state index contributed by atoms with van der Waals surface area (Å²) in [5, 5.41) is 79.4. The van der Waals surface area contributed by atoms with Gasteiger partial charge in [0.15, 0.2) is 6.10 Å². The van der Waals surface area contributed by atoms with Crippen LogP contribution in [-0.4, -0.2) is 192 Å². The van der Waals surface area contributed by atoms with Crippen LogP contribution in [-0.2, 0) is 65.5 Å². The number of hydrogen-bond donors (Lipinski definition) is 13. The third-order valence-corrected chi connectivity index (χ3v) is 15.1. The van der Waals surface area contributed by atoms with E-state index in [4.69, 9.17) is 16.3 Å². The molecule has 2 aliphatic heterocycles. The molecule has 0 aromatic heterocycles. The number of esters is 1. The minimum atomic E-state index is -1.86. The van der Waals surface area contributed by atoms with Crippen LogP contribution in [0.2, 0.25) is 5.02 Å². The number of ether oxygens (including phenoxy) is 1. The molecule has 2 saturated heterocycles. The number of cyclic esters (lactones) is 1. The first kappa shape index (κ1) is 68.4. The molecule has 83 heavy (non-hydrogen) atoms. The largest absolute Gasteiger partial charge is 0.508 e. The summed E-state index contributed by atoms with van der Waals surface area (Å²) in [6.07, 6.45) is -6.56. The number of aliphatic hydroxyl groups is 4. The highest BCUT2D eigenvalue weighted by Gasteiger charge is 2.48. The van der Waals surface area contributed by atoms with Gasteiger partial charge in [0.1, 0.15) is 78.2 Å². The number of aliphatic hydroxyl groups excluding tert-OH is 4. The van der Waals surface area contributed by atoms with E-state index in [2.05, 4.69) is 37.2 Å². The summed E-state index contributed by atoms with van der Waals surface area (Å²) in [6.45, 7) is 12.3. The normalized spacial score (nSPS) is 24.5. The zero-order valence-electron chi connectivity index (χ0n) is 48.4. The van der Waals surface area contributed by atoms with Gasteiger partial charge in [-0.05, 0) is 106 Å². The van der Waals surface area contributed by atoms with Gasteiger partial charge in [0.05, 0.1) is 17.7 Å². The van der Waals surface area contributed by atoms with Gasteiger partial charge in [-0.3, -0.25) is 43.2 Å². The number of halogens is 1. The zero-order chi connectivity index (χ0) is 62.3. The van der Waals surface area contributed by atoms with Crippen LogP contribution in [0.1, 0.15) is 106 Å². The first-order chi connectivity index (χ1) is 38.9. The van der Waals surface area contributed by atoms with E-state index in [-0.39, 0.29) is 48.6 Å². The Morgan fingerprint density at radius 3 is 1.98 bits per heavy atom. The average Bonchev–Trinajstić information content (AvgIpc) is 3.65. The molecule has 0 radical (unpaired) electrons. The van der Waals surface area contributed by atoms with Crippen LogP contribution in [0.3, 0.4) is 0 Å². The summed E-state index contributed by atoms with van der Waals surface area (Å²) in [5.74, 6) is -12.4. The van der Waals surface area contributed by atoms with Crippen molar-refractivity contribution >= 4 is 70.7 Å². The molecule has 0 aliphatic carbocycles. The highest BCUT2D eigenvalue weighted by atomic mass is 35.5. The number of likely N-dealkylation sites (N-methyl/N-ethyl adjacent to an activating group) is 1. The van der Waals surface area contributed by atoms with E-state index in [0.717, 1.165) is 15.4 Å². The molecule has 0 spiro atoms. The smallest absolute Gasteiger partial charge is 0.329 e. The van der Waals surface area contributed by atoms with Gasteiger partial charge >= 0.3 is 5.97 Å². The maximum absolute atomic E-state index is 14.8. The van der Waals surface area contributed by atoms with Crippen LogP contribution in [0.4, 0.5) is 0 Å². The van der Waals surface area contributed by atoms with Crippen LogP contribution in [0.15, 0.2) is 42.5 Å². The first-order valence-electron chi connectivity index (χ1n) is 27.7. The Hall–Kier alpha value is -7.13. The summed E-state index contributed by atoms with van der Waals surface area (Å²) < 4.78 is 5.89. The molecule has 0 saturated carbocycles. The number of hydrogen-bond acceptors (Lipinski definition) is 17. The molecule has 2 heterocycles. The Kier molecular flexibility index (Phi) is 25.5.